The number of benzene rings is 6. The maximum absolute atomic E-state index is 4.71. The molecule has 0 spiro atoms. The molecule has 0 radical (unpaired) electrons. The van der Waals surface area contributed by atoms with Gasteiger partial charge in [-0.2, -0.15) is 0 Å². The molecule has 0 aliphatic heterocycles. The van der Waals surface area contributed by atoms with E-state index in [4.69, 9.17) is 4.98 Å². The molecule has 1 heterocycles. The summed E-state index contributed by atoms with van der Waals surface area (Å²) in [6.45, 7) is 0. The Kier molecular flexibility index (Phi) is 5.61. The Morgan fingerprint density at radius 2 is 0.978 bits per heavy atom. The highest BCUT2D eigenvalue weighted by molar-refractivity contribution is 6.23. The molecule has 11 rings (SSSR count). The van der Waals surface area contributed by atoms with Gasteiger partial charge < -0.3 is 0 Å². The molecular weight excluding hydrogens is 542 g/mol. The van der Waals surface area contributed by atoms with Crippen molar-refractivity contribution < 1.29 is 0 Å². The van der Waals surface area contributed by atoms with E-state index in [2.05, 4.69) is 121 Å². The highest BCUT2D eigenvalue weighted by atomic mass is 14.6. The van der Waals surface area contributed by atoms with Crippen molar-refractivity contribution in [1.82, 2.24) is 4.98 Å². The number of hydrogen-bond acceptors (Lipinski definition) is 1. The van der Waals surface area contributed by atoms with E-state index >= 15 is 0 Å². The van der Waals surface area contributed by atoms with Gasteiger partial charge in [-0.1, -0.05) is 115 Å². The van der Waals surface area contributed by atoms with Crippen LogP contribution in [0.3, 0.4) is 0 Å². The first kappa shape index (κ1) is 25.6. The summed E-state index contributed by atoms with van der Waals surface area (Å²) in [6, 6.07) is 43.6. The van der Waals surface area contributed by atoms with Gasteiger partial charge in [0.25, 0.3) is 0 Å². The van der Waals surface area contributed by atoms with Gasteiger partial charge in [0.05, 0.1) is 0 Å². The average Bonchev–Trinajstić information content (AvgIpc) is 3.15. The zero-order chi connectivity index (χ0) is 29.5. The molecule has 4 aliphatic rings. The number of pyridine rings is 1. The monoisotopic (exact) mass is 577 g/mol. The van der Waals surface area contributed by atoms with Crippen LogP contribution in [0.25, 0.3) is 65.7 Å². The predicted octanol–water partition coefficient (Wildman–Crippen LogP) is 11.9. The summed E-state index contributed by atoms with van der Waals surface area (Å²) in [5.41, 5.74) is 11.3. The maximum atomic E-state index is 4.71. The van der Waals surface area contributed by atoms with Gasteiger partial charge in [0.2, 0.25) is 0 Å². The van der Waals surface area contributed by atoms with E-state index in [9.17, 15) is 0 Å². The molecule has 0 saturated heterocycles. The first-order chi connectivity index (χ1) is 22.3. The standard InChI is InChI=1S/C44H35N/c1-2-10-33-30(9-1)25-45-26-42(33)44-39-15-7-5-13-37(39)43(38-14-6-8-16-40(38)44)29-17-18-36-35-12-4-3-11-34(35)31-20-27-19-28(21-31)23-32(22-27)41(36)24-29/h1-18,24-28,31-32H,19-23H2. The molecule has 1 nitrogen and oxygen atoms in total. The molecule has 2 atom stereocenters. The molecule has 7 aromatic rings. The van der Waals surface area contributed by atoms with Crippen molar-refractivity contribution >= 4 is 32.3 Å². The number of hydrogen-bond donors (Lipinski definition) is 0. The zero-order valence-electron chi connectivity index (χ0n) is 25.4. The Bertz CT molecular complexity index is 2220. The Labute approximate surface area is 264 Å². The summed E-state index contributed by atoms with van der Waals surface area (Å²) in [5, 5.41) is 7.62. The summed E-state index contributed by atoms with van der Waals surface area (Å²) < 4.78 is 0. The normalized spacial score (nSPS) is 21.8. The van der Waals surface area contributed by atoms with E-state index in [0.717, 1.165) is 11.8 Å². The lowest BCUT2D eigenvalue weighted by Crippen LogP contribution is -2.29. The molecule has 1 heteroatoms. The van der Waals surface area contributed by atoms with E-state index < -0.39 is 0 Å². The van der Waals surface area contributed by atoms with Crippen LogP contribution in [0.2, 0.25) is 0 Å². The highest BCUT2D eigenvalue weighted by Crippen LogP contribution is 2.56. The second kappa shape index (κ2) is 9.88. The third-order valence-electron chi connectivity index (χ3n) is 11.5. The van der Waals surface area contributed by atoms with Gasteiger partial charge in [-0.05, 0) is 122 Å². The second-order valence-electron chi connectivity index (χ2n) is 13.9. The van der Waals surface area contributed by atoms with Gasteiger partial charge in [0.15, 0.2) is 0 Å². The zero-order valence-corrected chi connectivity index (χ0v) is 25.4. The summed E-state index contributed by atoms with van der Waals surface area (Å²) in [4.78, 5) is 4.71. The lowest BCUT2D eigenvalue weighted by Gasteiger charge is -2.42. The largest absolute Gasteiger partial charge is 0.263 e. The van der Waals surface area contributed by atoms with Gasteiger partial charge in [-0.15, -0.1) is 0 Å². The van der Waals surface area contributed by atoms with Gasteiger partial charge >= 0.3 is 0 Å². The third kappa shape index (κ3) is 3.89. The molecule has 45 heavy (non-hydrogen) atoms. The lowest BCUT2D eigenvalue weighted by atomic mass is 9.63. The van der Waals surface area contributed by atoms with E-state index in [1.54, 1.807) is 11.1 Å². The fraction of sp³-hybridized carbons (Fsp3) is 0.205. The molecular formula is C44H35N. The molecule has 6 aromatic carbocycles. The molecule has 1 aromatic heterocycles. The van der Waals surface area contributed by atoms with Gasteiger partial charge in [0.1, 0.15) is 0 Å². The minimum Gasteiger partial charge on any atom is -0.263 e. The lowest BCUT2D eigenvalue weighted by molar-refractivity contribution is 0.153. The van der Waals surface area contributed by atoms with Crippen molar-refractivity contribution in [2.24, 2.45) is 11.8 Å². The molecule has 4 bridgehead atoms. The van der Waals surface area contributed by atoms with Crippen LogP contribution < -0.4 is 0 Å². The van der Waals surface area contributed by atoms with Crippen molar-refractivity contribution in [2.45, 2.75) is 43.9 Å². The highest BCUT2D eigenvalue weighted by Gasteiger charge is 2.40. The summed E-state index contributed by atoms with van der Waals surface area (Å²) in [6.07, 6.45) is 10.9. The minimum absolute atomic E-state index is 0.634. The number of fused-ring (bicyclic) bond motifs is 3. The van der Waals surface area contributed by atoms with Crippen LogP contribution in [0.15, 0.2) is 128 Å². The summed E-state index contributed by atoms with van der Waals surface area (Å²) >= 11 is 0. The maximum Gasteiger partial charge on any atom is 0.0353 e. The van der Waals surface area contributed by atoms with Crippen molar-refractivity contribution in [3.05, 3.63) is 139 Å². The quantitative estimate of drug-likeness (QED) is 0.186. The number of rotatable bonds is 2. The van der Waals surface area contributed by atoms with Crippen molar-refractivity contribution in [3.63, 3.8) is 0 Å². The van der Waals surface area contributed by atoms with Crippen LogP contribution in [0, 0.1) is 11.8 Å². The first-order valence-electron chi connectivity index (χ1n) is 16.8. The Balaban J connectivity index is 1.26. The first-order valence-corrected chi connectivity index (χ1v) is 16.8. The SMILES string of the molecule is c1ccc2c(c1)-c1ccc(-c3c4ccccc4c(-c4cncc5ccccc45)c4ccccc34)cc1C1CC3CC(CC2C3)C1. The fourth-order valence-electron chi connectivity index (χ4n) is 9.80. The van der Waals surface area contributed by atoms with Crippen molar-refractivity contribution in [1.29, 1.82) is 0 Å². The van der Waals surface area contributed by atoms with Crippen LogP contribution in [0.4, 0.5) is 0 Å². The average molecular weight is 578 g/mol. The Morgan fingerprint density at radius 3 is 1.69 bits per heavy atom. The molecule has 4 aliphatic carbocycles. The second-order valence-corrected chi connectivity index (χ2v) is 13.9. The van der Waals surface area contributed by atoms with Crippen LogP contribution in [0.5, 0.6) is 0 Å². The smallest absolute Gasteiger partial charge is 0.0353 e. The van der Waals surface area contributed by atoms with Crippen LogP contribution in [0.1, 0.15) is 55.1 Å². The van der Waals surface area contributed by atoms with E-state index in [0.29, 0.717) is 11.8 Å². The number of aromatic nitrogens is 1. The Hall–Kier alpha value is -4.75. The van der Waals surface area contributed by atoms with E-state index in [-0.39, 0.29) is 0 Å². The molecule has 2 saturated carbocycles. The van der Waals surface area contributed by atoms with Gasteiger partial charge in [-0.3, -0.25) is 4.98 Å². The Morgan fingerprint density at radius 1 is 0.422 bits per heavy atom. The topological polar surface area (TPSA) is 12.9 Å². The van der Waals surface area contributed by atoms with Gasteiger partial charge in [0, 0.05) is 23.3 Å². The minimum atomic E-state index is 0.634. The molecule has 216 valence electrons. The summed E-state index contributed by atoms with van der Waals surface area (Å²) in [5.74, 6) is 3.05. The van der Waals surface area contributed by atoms with E-state index in [1.165, 1.54) is 97.8 Å². The number of nitrogens with zero attached hydrogens (tertiary/aromatic N) is 1. The fourth-order valence-corrected chi connectivity index (χ4v) is 9.80. The van der Waals surface area contributed by atoms with Crippen LogP contribution in [-0.4, -0.2) is 4.98 Å². The third-order valence-corrected chi connectivity index (χ3v) is 11.5. The van der Waals surface area contributed by atoms with Crippen molar-refractivity contribution in [3.8, 4) is 33.4 Å². The van der Waals surface area contributed by atoms with Crippen molar-refractivity contribution in [2.75, 3.05) is 0 Å². The predicted molar refractivity (Wildman–Crippen MR) is 189 cm³/mol. The van der Waals surface area contributed by atoms with Gasteiger partial charge in [-0.25, -0.2) is 0 Å². The molecule has 2 fully saturated rings. The molecule has 2 unspecified atom stereocenters. The van der Waals surface area contributed by atoms with E-state index in [1.807, 2.05) is 6.20 Å². The molecule has 0 N–H and O–H groups in total. The van der Waals surface area contributed by atoms with Crippen LogP contribution in [-0.2, 0) is 0 Å². The van der Waals surface area contributed by atoms with Crippen LogP contribution >= 0.6 is 0 Å². The summed E-state index contributed by atoms with van der Waals surface area (Å²) in [7, 11) is 0. The molecule has 0 amide bonds.